The molecule has 1 N–H and O–H groups in total. The summed E-state index contributed by atoms with van der Waals surface area (Å²) in [5.41, 5.74) is 1.88. The predicted octanol–water partition coefficient (Wildman–Crippen LogP) is 3.35. The normalized spacial score (nSPS) is 16.9. The van der Waals surface area contributed by atoms with Crippen LogP contribution in [0.5, 0.6) is 11.5 Å². The van der Waals surface area contributed by atoms with Gasteiger partial charge in [-0.15, -0.1) is 5.10 Å². The van der Waals surface area contributed by atoms with E-state index < -0.39 is 5.79 Å². The van der Waals surface area contributed by atoms with Gasteiger partial charge in [-0.25, -0.2) is 4.68 Å². The SMILES string of the molecule is O=C(Nc1ccc2c(c1)OC1(CCCCC1)O2)c1cccc(-n2cnnn2)c1. The molecule has 142 valence electrons. The lowest BCUT2D eigenvalue weighted by atomic mass is 9.94. The van der Waals surface area contributed by atoms with Crippen molar-refractivity contribution in [2.75, 3.05) is 5.32 Å². The van der Waals surface area contributed by atoms with Gasteiger partial charge in [0.05, 0.1) is 5.69 Å². The van der Waals surface area contributed by atoms with Gasteiger partial charge in [0.25, 0.3) is 11.7 Å². The third kappa shape index (κ3) is 3.06. The van der Waals surface area contributed by atoms with Crippen LogP contribution >= 0.6 is 0 Å². The molecule has 1 fully saturated rings. The molecular formula is C20H19N5O3. The molecule has 1 amide bonds. The van der Waals surface area contributed by atoms with Gasteiger partial charge >= 0.3 is 0 Å². The van der Waals surface area contributed by atoms with Crippen molar-refractivity contribution in [3.63, 3.8) is 0 Å². The molecule has 5 rings (SSSR count). The average molecular weight is 377 g/mol. The minimum atomic E-state index is -0.524. The molecule has 1 aliphatic heterocycles. The summed E-state index contributed by atoms with van der Waals surface area (Å²) in [6.07, 6.45) is 6.71. The molecule has 0 unspecified atom stereocenters. The van der Waals surface area contributed by atoms with E-state index >= 15 is 0 Å². The third-order valence-corrected chi connectivity index (χ3v) is 5.13. The number of carbonyl (C=O) groups is 1. The number of nitrogens with zero attached hydrogens (tertiary/aromatic N) is 4. The zero-order valence-corrected chi connectivity index (χ0v) is 15.2. The summed E-state index contributed by atoms with van der Waals surface area (Å²) < 4.78 is 13.7. The molecule has 8 nitrogen and oxygen atoms in total. The van der Waals surface area contributed by atoms with Crippen molar-refractivity contribution in [1.29, 1.82) is 0 Å². The highest BCUT2D eigenvalue weighted by molar-refractivity contribution is 6.04. The molecule has 0 saturated heterocycles. The van der Waals surface area contributed by atoms with Crippen LogP contribution in [0.1, 0.15) is 42.5 Å². The van der Waals surface area contributed by atoms with Crippen molar-refractivity contribution >= 4 is 11.6 Å². The van der Waals surface area contributed by atoms with Crippen LogP contribution in [-0.2, 0) is 0 Å². The second-order valence-corrected chi connectivity index (χ2v) is 7.10. The number of rotatable bonds is 3. The smallest absolute Gasteiger partial charge is 0.255 e. The first-order valence-electron chi connectivity index (χ1n) is 9.38. The molecule has 1 aromatic heterocycles. The van der Waals surface area contributed by atoms with Gasteiger partial charge in [0, 0.05) is 30.2 Å². The number of anilines is 1. The molecule has 3 aromatic rings. The van der Waals surface area contributed by atoms with Crippen molar-refractivity contribution in [3.8, 4) is 17.2 Å². The average Bonchev–Trinajstić information content (AvgIpc) is 3.36. The summed E-state index contributed by atoms with van der Waals surface area (Å²) in [4.78, 5) is 12.7. The van der Waals surface area contributed by atoms with E-state index in [1.807, 2.05) is 24.3 Å². The second kappa shape index (κ2) is 6.63. The Morgan fingerprint density at radius 1 is 1.04 bits per heavy atom. The van der Waals surface area contributed by atoms with Gasteiger partial charge in [0.2, 0.25) is 0 Å². The summed E-state index contributed by atoms with van der Waals surface area (Å²) in [7, 11) is 0. The van der Waals surface area contributed by atoms with Gasteiger partial charge < -0.3 is 14.8 Å². The lowest BCUT2D eigenvalue weighted by Gasteiger charge is -2.31. The summed E-state index contributed by atoms with van der Waals surface area (Å²) in [5.74, 6) is 0.674. The van der Waals surface area contributed by atoms with Crippen LogP contribution in [0.3, 0.4) is 0 Å². The Balaban J connectivity index is 1.33. The lowest BCUT2D eigenvalue weighted by Crippen LogP contribution is -2.40. The number of benzene rings is 2. The van der Waals surface area contributed by atoms with Crippen molar-refractivity contribution in [2.24, 2.45) is 0 Å². The van der Waals surface area contributed by atoms with Gasteiger partial charge in [-0.3, -0.25) is 4.79 Å². The molecule has 1 spiro atoms. The maximum Gasteiger partial charge on any atom is 0.255 e. The Morgan fingerprint density at radius 2 is 1.89 bits per heavy atom. The van der Waals surface area contributed by atoms with Crippen LogP contribution in [0.15, 0.2) is 48.8 Å². The zero-order valence-electron chi connectivity index (χ0n) is 15.2. The van der Waals surface area contributed by atoms with Crippen molar-refractivity contribution < 1.29 is 14.3 Å². The highest BCUT2D eigenvalue weighted by Gasteiger charge is 2.42. The van der Waals surface area contributed by atoms with Crippen molar-refractivity contribution in [1.82, 2.24) is 20.2 Å². The van der Waals surface area contributed by atoms with Gasteiger partial charge in [-0.05, 0) is 53.6 Å². The van der Waals surface area contributed by atoms with E-state index in [0.29, 0.717) is 22.7 Å². The maximum atomic E-state index is 12.7. The lowest BCUT2D eigenvalue weighted by molar-refractivity contribution is -0.105. The fourth-order valence-corrected chi connectivity index (χ4v) is 3.74. The van der Waals surface area contributed by atoms with E-state index in [-0.39, 0.29) is 5.91 Å². The van der Waals surface area contributed by atoms with Gasteiger partial charge in [-0.1, -0.05) is 12.5 Å². The Kier molecular flexibility index (Phi) is 3.96. The molecule has 0 atom stereocenters. The Hall–Kier alpha value is -3.42. The Morgan fingerprint density at radius 3 is 2.71 bits per heavy atom. The standard InChI is InChI=1S/C20H19N5O3/c26-19(14-5-4-6-16(11-14)25-13-21-23-24-25)22-15-7-8-17-18(12-15)28-20(27-17)9-2-1-3-10-20/h4-8,11-13H,1-3,9-10H2,(H,22,26). The minimum absolute atomic E-state index is 0.221. The number of carbonyl (C=O) groups excluding carboxylic acids is 1. The molecule has 28 heavy (non-hydrogen) atoms. The first kappa shape index (κ1) is 16.7. The van der Waals surface area contributed by atoms with E-state index in [2.05, 4.69) is 20.8 Å². The number of ether oxygens (including phenoxy) is 2. The number of nitrogens with one attached hydrogen (secondary N) is 1. The quantitative estimate of drug-likeness (QED) is 0.753. The van der Waals surface area contributed by atoms with Crippen molar-refractivity contribution in [2.45, 2.75) is 37.9 Å². The molecule has 2 heterocycles. The van der Waals surface area contributed by atoms with E-state index in [4.69, 9.17) is 9.47 Å². The highest BCUT2D eigenvalue weighted by atomic mass is 16.7. The summed E-state index contributed by atoms with van der Waals surface area (Å²) >= 11 is 0. The fraction of sp³-hybridized carbons (Fsp3) is 0.300. The molecule has 0 bridgehead atoms. The highest BCUT2D eigenvalue weighted by Crippen LogP contribution is 2.46. The molecule has 1 aliphatic carbocycles. The number of hydrogen-bond acceptors (Lipinski definition) is 6. The number of amides is 1. The largest absolute Gasteiger partial charge is 0.448 e. The van der Waals surface area contributed by atoms with Crippen LogP contribution in [0, 0.1) is 0 Å². The Bertz CT molecular complexity index is 1010. The molecule has 8 heteroatoms. The Labute approximate surface area is 161 Å². The molecule has 1 saturated carbocycles. The van der Waals surface area contributed by atoms with Crippen LogP contribution in [-0.4, -0.2) is 31.9 Å². The van der Waals surface area contributed by atoms with Crippen LogP contribution in [0.2, 0.25) is 0 Å². The van der Waals surface area contributed by atoms with Crippen molar-refractivity contribution in [3.05, 3.63) is 54.4 Å². The number of hydrogen-bond donors (Lipinski definition) is 1. The van der Waals surface area contributed by atoms with E-state index in [1.165, 1.54) is 17.4 Å². The first-order chi connectivity index (χ1) is 13.7. The van der Waals surface area contributed by atoms with Gasteiger partial charge in [0.1, 0.15) is 6.33 Å². The fourth-order valence-electron chi connectivity index (χ4n) is 3.74. The number of tetrazole rings is 1. The van der Waals surface area contributed by atoms with Crippen LogP contribution in [0.25, 0.3) is 5.69 Å². The third-order valence-electron chi connectivity index (χ3n) is 5.13. The topological polar surface area (TPSA) is 91.2 Å². The zero-order chi connectivity index (χ0) is 19.0. The van der Waals surface area contributed by atoms with Crippen LogP contribution in [0.4, 0.5) is 5.69 Å². The first-order valence-corrected chi connectivity index (χ1v) is 9.38. The van der Waals surface area contributed by atoms with E-state index in [1.54, 1.807) is 18.2 Å². The number of aromatic nitrogens is 4. The van der Waals surface area contributed by atoms with Crippen LogP contribution < -0.4 is 14.8 Å². The van der Waals surface area contributed by atoms with Gasteiger partial charge in [0.15, 0.2) is 11.5 Å². The molecule has 0 radical (unpaired) electrons. The minimum Gasteiger partial charge on any atom is -0.448 e. The summed E-state index contributed by atoms with van der Waals surface area (Å²) in [6, 6.07) is 12.6. The van der Waals surface area contributed by atoms with E-state index in [9.17, 15) is 4.79 Å². The molecule has 2 aliphatic rings. The second-order valence-electron chi connectivity index (χ2n) is 7.10. The number of fused-ring (bicyclic) bond motifs is 1. The predicted molar refractivity (Wildman–Crippen MR) is 101 cm³/mol. The molecule has 2 aromatic carbocycles. The van der Waals surface area contributed by atoms with Gasteiger partial charge in [-0.2, -0.15) is 0 Å². The monoisotopic (exact) mass is 377 g/mol. The molecular weight excluding hydrogens is 358 g/mol. The van der Waals surface area contributed by atoms with E-state index in [0.717, 1.165) is 31.4 Å². The summed E-state index contributed by atoms with van der Waals surface area (Å²) in [6.45, 7) is 0. The maximum absolute atomic E-state index is 12.7. The summed E-state index contributed by atoms with van der Waals surface area (Å²) in [5, 5.41) is 14.0.